The van der Waals surface area contributed by atoms with Gasteiger partial charge in [-0.1, -0.05) is 13.0 Å². The van der Waals surface area contributed by atoms with Crippen LogP contribution in [-0.4, -0.2) is 11.5 Å². The molecule has 0 aliphatic carbocycles. The first-order valence-corrected chi connectivity index (χ1v) is 6.78. The number of aromatic nitrogens is 1. The minimum Gasteiger partial charge on any atom is -0.310 e. The van der Waals surface area contributed by atoms with Crippen molar-refractivity contribution >= 4 is 0 Å². The van der Waals surface area contributed by atoms with Crippen LogP contribution in [0.4, 0.5) is 8.78 Å². The zero-order valence-corrected chi connectivity index (χ0v) is 11.4. The van der Waals surface area contributed by atoms with Crippen LogP contribution < -0.4 is 5.32 Å². The lowest BCUT2D eigenvalue weighted by atomic mass is 9.99. The largest absolute Gasteiger partial charge is 0.310 e. The van der Waals surface area contributed by atoms with Crippen molar-refractivity contribution in [2.75, 3.05) is 6.54 Å². The van der Waals surface area contributed by atoms with E-state index in [0.717, 1.165) is 31.0 Å². The summed E-state index contributed by atoms with van der Waals surface area (Å²) in [5.74, 6) is -1.04. The summed E-state index contributed by atoms with van der Waals surface area (Å²) < 4.78 is 26.8. The van der Waals surface area contributed by atoms with Gasteiger partial charge in [0, 0.05) is 30.1 Å². The Morgan fingerprint density at radius 1 is 1.15 bits per heavy atom. The Morgan fingerprint density at radius 3 is 2.55 bits per heavy atom. The smallest absolute Gasteiger partial charge is 0.130 e. The van der Waals surface area contributed by atoms with E-state index in [1.807, 2.05) is 19.1 Å². The summed E-state index contributed by atoms with van der Waals surface area (Å²) in [7, 11) is 0. The van der Waals surface area contributed by atoms with Crippen LogP contribution in [0, 0.1) is 11.6 Å². The van der Waals surface area contributed by atoms with E-state index in [9.17, 15) is 8.78 Å². The Labute approximate surface area is 117 Å². The van der Waals surface area contributed by atoms with Crippen molar-refractivity contribution in [3.8, 4) is 0 Å². The van der Waals surface area contributed by atoms with Gasteiger partial charge in [0.15, 0.2) is 0 Å². The third kappa shape index (κ3) is 3.84. The van der Waals surface area contributed by atoms with Crippen molar-refractivity contribution in [1.82, 2.24) is 10.3 Å². The number of aryl methyl sites for hydroxylation is 1. The van der Waals surface area contributed by atoms with Crippen LogP contribution in [0.15, 0.2) is 42.7 Å². The molecule has 106 valence electrons. The van der Waals surface area contributed by atoms with E-state index in [-0.39, 0.29) is 6.04 Å². The number of hydrogen-bond donors (Lipinski definition) is 1. The minimum atomic E-state index is -0.546. The van der Waals surface area contributed by atoms with Gasteiger partial charge in [0.25, 0.3) is 0 Å². The Hall–Kier alpha value is -1.81. The summed E-state index contributed by atoms with van der Waals surface area (Å²) in [6.45, 7) is 2.71. The van der Waals surface area contributed by atoms with Crippen LogP contribution >= 0.6 is 0 Å². The summed E-state index contributed by atoms with van der Waals surface area (Å²) in [4.78, 5) is 3.97. The fraction of sp³-hybridized carbons (Fsp3) is 0.312. The lowest BCUT2D eigenvalue weighted by molar-refractivity contribution is 0.480. The maximum Gasteiger partial charge on any atom is 0.130 e. The molecule has 2 rings (SSSR count). The molecule has 1 heterocycles. The monoisotopic (exact) mass is 276 g/mol. The van der Waals surface area contributed by atoms with Gasteiger partial charge in [0.2, 0.25) is 0 Å². The zero-order valence-electron chi connectivity index (χ0n) is 11.4. The fourth-order valence-electron chi connectivity index (χ4n) is 2.26. The number of halogens is 2. The molecule has 0 aliphatic rings. The third-order valence-electron chi connectivity index (χ3n) is 3.26. The molecule has 2 aromatic rings. The Balaban J connectivity index is 2.10. The molecular formula is C16H18F2N2. The molecule has 1 unspecified atom stereocenters. The molecule has 0 fully saturated rings. The number of hydrogen-bond acceptors (Lipinski definition) is 2. The van der Waals surface area contributed by atoms with Gasteiger partial charge in [0.1, 0.15) is 11.6 Å². The van der Waals surface area contributed by atoms with Crippen molar-refractivity contribution in [1.29, 1.82) is 0 Å². The first kappa shape index (κ1) is 14.6. The molecule has 1 aromatic heterocycles. The molecule has 0 saturated carbocycles. The SMILES string of the molecule is CCNC(CCc1ccncc1)c1ccc(F)cc1F. The van der Waals surface area contributed by atoms with Gasteiger partial charge in [-0.3, -0.25) is 4.98 Å². The van der Waals surface area contributed by atoms with E-state index in [1.54, 1.807) is 12.4 Å². The van der Waals surface area contributed by atoms with Crippen molar-refractivity contribution in [3.63, 3.8) is 0 Å². The molecule has 1 atom stereocenters. The first-order chi connectivity index (χ1) is 9.70. The fourth-order valence-corrected chi connectivity index (χ4v) is 2.26. The van der Waals surface area contributed by atoms with Crippen LogP contribution in [0.1, 0.15) is 30.5 Å². The molecule has 0 aliphatic heterocycles. The molecule has 0 spiro atoms. The van der Waals surface area contributed by atoms with Gasteiger partial charge in [-0.05, 0) is 43.1 Å². The van der Waals surface area contributed by atoms with Gasteiger partial charge in [-0.2, -0.15) is 0 Å². The average molecular weight is 276 g/mol. The lowest BCUT2D eigenvalue weighted by Crippen LogP contribution is -2.22. The van der Waals surface area contributed by atoms with Crippen molar-refractivity contribution in [2.45, 2.75) is 25.8 Å². The second-order valence-corrected chi connectivity index (χ2v) is 4.67. The summed E-state index contributed by atoms with van der Waals surface area (Å²) >= 11 is 0. The van der Waals surface area contributed by atoms with Gasteiger partial charge in [0.05, 0.1) is 0 Å². The first-order valence-electron chi connectivity index (χ1n) is 6.78. The highest BCUT2D eigenvalue weighted by molar-refractivity contribution is 5.23. The molecule has 0 radical (unpaired) electrons. The number of nitrogens with zero attached hydrogens (tertiary/aromatic N) is 1. The molecule has 2 nitrogen and oxygen atoms in total. The number of nitrogens with one attached hydrogen (secondary N) is 1. The van der Waals surface area contributed by atoms with Gasteiger partial charge in [-0.15, -0.1) is 0 Å². The zero-order chi connectivity index (χ0) is 14.4. The van der Waals surface area contributed by atoms with E-state index < -0.39 is 11.6 Å². The van der Waals surface area contributed by atoms with Crippen LogP contribution in [-0.2, 0) is 6.42 Å². The van der Waals surface area contributed by atoms with Crippen LogP contribution in [0.3, 0.4) is 0 Å². The number of pyridine rings is 1. The van der Waals surface area contributed by atoms with Gasteiger partial charge < -0.3 is 5.32 Å². The van der Waals surface area contributed by atoms with E-state index in [1.165, 1.54) is 12.1 Å². The second-order valence-electron chi connectivity index (χ2n) is 4.67. The highest BCUT2D eigenvalue weighted by Gasteiger charge is 2.15. The molecule has 0 bridgehead atoms. The quantitative estimate of drug-likeness (QED) is 0.871. The number of rotatable bonds is 6. The second kappa shape index (κ2) is 7.10. The standard InChI is InChI=1S/C16H18F2N2/c1-2-20-16(6-3-12-7-9-19-10-8-12)14-5-4-13(17)11-15(14)18/h4-5,7-11,16,20H,2-3,6H2,1H3. The van der Waals surface area contributed by atoms with E-state index in [4.69, 9.17) is 0 Å². The minimum absolute atomic E-state index is 0.117. The number of benzene rings is 1. The molecule has 0 amide bonds. The summed E-state index contributed by atoms with van der Waals surface area (Å²) in [5, 5.41) is 3.25. The molecule has 4 heteroatoms. The Bertz CT molecular complexity index is 543. The Kier molecular flexibility index (Phi) is 5.18. The normalized spacial score (nSPS) is 12.3. The van der Waals surface area contributed by atoms with E-state index in [2.05, 4.69) is 10.3 Å². The lowest BCUT2D eigenvalue weighted by Gasteiger charge is -2.19. The van der Waals surface area contributed by atoms with Crippen molar-refractivity contribution in [3.05, 3.63) is 65.5 Å². The summed E-state index contributed by atoms with van der Waals surface area (Å²) in [5.41, 5.74) is 1.67. The van der Waals surface area contributed by atoms with E-state index in [0.29, 0.717) is 5.56 Å². The predicted molar refractivity (Wildman–Crippen MR) is 75.3 cm³/mol. The van der Waals surface area contributed by atoms with Gasteiger partial charge >= 0.3 is 0 Å². The topological polar surface area (TPSA) is 24.9 Å². The molecule has 1 aromatic carbocycles. The predicted octanol–water partition coefficient (Wildman–Crippen LogP) is 3.64. The molecule has 1 N–H and O–H groups in total. The maximum atomic E-state index is 13.9. The molecular weight excluding hydrogens is 258 g/mol. The highest BCUT2D eigenvalue weighted by Crippen LogP contribution is 2.22. The van der Waals surface area contributed by atoms with Crippen LogP contribution in [0.5, 0.6) is 0 Å². The van der Waals surface area contributed by atoms with Crippen LogP contribution in [0.25, 0.3) is 0 Å². The maximum absolute atomic E-state index is 13.9. The third-order valence-corrected chi connectivity index (χ3v) is 3.26. The molecule has 20 heavy (non-hydrogen) atoms. The van der Waals surface area contributed by atoms with Crippen molar-refractivity contribution < 1.29 is 8.78 Å². The summed E-state index contributed by atoms with van der Waals surface area (Å²) in [6, 6.07) is 7.54. The average Bonchev–Trinajstić information content (AvgIpc) is 2.45. The highest BCUT2D eigenvalue weighted by atomic mass is 19.1. The molecule has 0 saturated heterocycles. The van der Waals surface area contributed by atoms with Crippen LogP contribution in [0.2, 0.25) is 0 Å². The Morgan fingerprint density at radius 2 is 1.90 bits per heavy atom. The van der Waals surface area contributed by atoms with E-state index >= 15 is 0 Å². The summed E-state index contributed by atoms with van der Waals surface area (Å²) in [6.07, 6.45) is 5.06. The van der Waals surface area contributed by atoms with Crippen molar-refractivity contribution in [2.24, 2.45) is 0 Å². The van der Waals surface area contributed by atoms with Gasteiger partial charge in [-0.25, -0.2) is 8.78 Å².